The van der Waals surface area contributed by atoms with E-state index in [9.17, 15) is 26.0 Å². The van der Waals surface area contributed by atoms with Gasteiger partial charge in [-0.2, -0.15) is 13.2 Å². The van der Waals surface area contributed by atoms with Crippen LogP contribution < -0.4 is 4.74 Å². The highest BCUT2D eigenvalue weighted by Gasteiger charge is 2.47. The van der Waals surface area contributed by atoms with Crippen LogP contribution in [0, 0.1) is 17.7 Å². The van der Waals surface area contributed by atoms with Gasteiger partial charge in [0.1, 0.15) is 23.9 Å². The fourth-order valence-corrected chi connectivity index (χ4v) is 2.84. The zero-order chi connectivity index (χ0) is 19.5. The largest absolute Gasteiger partial charge is 0.501 e. The Balaban J connectivity index is 2.53. The van der Waals surface area contributed by atoms with Gasteiger partial charge in [-0.25, -0.2) is 12.8 Å². The van der Waals surface area contributed by atoms with E-state index in [0.717, 1.165) is 18.2 Å². The summed E-state index contributed by atoms with van der Waals surface area (Å²) < 4.78 is 79.8. The summed E-state index contributed by atoms with van der Waals surface area (Å²) in [4.78, 5) is -1.04. The van der Waals surface area contributed by atoms with Crippen molar-refractivity contribution in [3.8, 4) is 23.3 Å². The number of halogens is 5. The Morgan fingerprint density at radius 1 is 1.15 bits per heavy atom. The Morgan fingerprint density at radius 2 is 1.85 bits per heavy atom. The van der Waals surface area contributed by atoms with Crippen LogP contribution >= 0.6 is 11.6 Å². The molecule has 138 valence electrons. The van der Waals surface area contributed by atoms with Crippen molar-refractivity contribution in [1.29, 1.82) is 0 Å². The molecular weight excluding hydrogens is 400 g/mol. The van der Waals surface area contributed by atoms with Gasteiger partial charge < -0.3 is 9.84 Å². The predicted molar refractivity (Wildman–Crippen MR) is 85.1 cm³/mol. The van der Waals surface area contributed by atoms with E-state index in [-0.39, 0.29) is 22.1 Å². The minimum Gasteiger partial charge on any atom is -0.456 e. The molecule has 2 aromatic rings. The lowest BCUT2D eigenvalue weighted by Crippen LogP contribution is -2.23. The van der Waals surface area contributed by atoms with Gasteiger partial charge in [-0.15, -0.1) is 0 Å². The van der Waals surface area contributed by atoms with Gasteiger partial charge in [-0.05, 0) is 30.3 Å². The first-order chi connectivity index (χ1) is 12.0. The molecule has 0 spiro atoms. The Bertz CT molecular complexity index is 971. The molecule has 0 amide bonds. The van der Waals surface area contributed by atoms with Crippen LogP contribution in [0.3, 0.4) is 0 Å². The molecule has 2 aromatic carbocycles. The van der Waals surface area contributed by atoms with Crippen molar-refractivity contribution < 1.29 is 35.8 Å². The van der Waals surface area contributed by atoms with Gasteiger partial charge in [0.25, 0.3) is 9.84 Å². The molecule has 0 heterocycles. The zero-order valence-corrected chi connectivity index (χ0v) is 14.2. The number of rotatable bonds is 3. The second-order valence-corrected chi connectivity index (χ2v) is 7.15. The number of hydrogen-bond donors (Lipinski definition) is 1. The number of hydrogen-bond acceptors (Lipinski definition) is 4. The second kappa shape index (κ2) is 7.53. The van der Waals surface area contributed by atoms with Crippen LogP contribution in [0.15, 0.2) is 41.3 Å². The zero-order valence-electron chi connectivity index (χ0n) is 12.6. The highest BCUT2D eigenvalue weighted by Crippen LogP contribution is 2.34. The van der Waals surface area contributed by atoms with Crippen molar-refractivity contribution in [3.63, 3.8) is 0 Å². The Labute approximate surface area is 150 Å². The van der Waals surface area contributed by atoms with Crippen molar-refractivity contribution in [2.24, 2.45) is 0 Å². The molecule has 0 aliphatic rings. The molecule has 2 rings (SSSR count). The van der Waals surface area contributed by atoms with Crippen LogP contribution in [0.2, 0.25) is 5.02 Å². The van der Waals surface area contributed by atoms with Crippen LogP contribution in [0.25, 0.3) is 0 Å². The number of sulfone groups is 1. The van der Waals surface area contributed by atoms with Crippen molar-refractivity contribution in [2.45, 2.75) is 10.4 Å². The standard InChI is InChI=1S/C16H9ClF4O4S/c17-11-7-12(18)9-13(8-11)25-15-4-3-14(6-10(15)2-1-5-22)26(23,24)16(19,20)21/h3-4,6-9,22H,5H2. The van der Waals surface area contributed by atoms with Crippen LogP contribution in [0.4, 0.5) is 17.6 Å². The normalized spacial score (nSPS) is 11.6. The van der Waals surface area contributed by atoms with E-state index in [1.807, 2.05) is 0 Å². The molecule has 0 fully saturated rings. The van der Waals surface area contributed by atoms with Gasteiger partial charge in [0.05, 0.1) is 10.5 Å². The smallest absolute Gasteiger partial charge is 0.456 e. The quantitative estimate of drug-likeness (QED) is 0.618. The topological polar surface area (TPSA) is 63.6 Å². The molecule has 4 nitrogen and oxygen atoms in total. The minimum absolute atomic E-state index is 0.0132. The summed E-state index contributed by atoms with van der Waals surface area (Å²) in [7, 11) is -5.59. The molecule has 0 atom stereocenters. The maximum atomic E-state index is 13.4. The van der Waals surface area contributed by atoms with E-state index < -0.39 is 32.7 Å². The lowest BCUT2D eigenvalue weighted by atomic mass is 10.2. The van der Waals surface area contributed by atoms with Crippen molar-refractivity contribution in [3.05, 3.63) is 52.8 Å². The minimum atomic E-state index is -5.59. The summed E-state index contributed by atoms with van der Waals surface area (Å²) >= 11 is 5.69. The van der Waals surface area contributed by atoms with E-state index in [4.69, 9.17) is 21.4 Å². The van der Waals surface area contributed by atoms with Gasteiger partial charge in [0.15, 0.2) is 0 Å². The van der Waals surface area contributed by atoms with E-state index in [1.54, 1.807) is 0 Å². The molecule has 0 unspecified atom stereocenters. The molecule has 0 aliphatic carbocycles. The summed E-state index contributed by atoms with van der Waals surface area (Å²) in [6.45, 7) is -0.624. The molecule has 0 aromatic heterocycles. The number of benzene rings is 2. The summed E-state index contributed by atoms with van der Waals surface area (Å²) in [6, 6.07) is 5.51. The van der Waals surface area contributed by atoms with Gasteiger partial charge in [-0.3, -0.25) is 0 Å². The molecule has 0 saturated carbocycles. The van der Waals surface area contributed by atoms with Gasteiger partial charge in [-0.1, -0.05) is 23.4 Å². The number of aliphatic hydroxyl groups is 1. The van der Waals surface area contributed by atoms with E-state index >= 15 is 0 Å². The third-order valence-corrected chi connectivity index (χ3v) is 4.63. The first kappa shape index (κ1) is 20.0. The van der Waals surface area contributed by atoms with Crippen LogP contribution in [0.5, 0.6) is 11.5 Å². The third kappa shape index (κ3) is 4.46. The lowest BCUT2D eigenvalue weighted by molar-refractivity contribution is -0.0436. The van der Waals surface area contributed by atoms with Crippen molar-refractivity contribution in [1.82, 2.24) is 0 Å². The number of aliphatic hydroxyl groups excluding tert-OH is 1. The number of ether oxygens (including phenoxy) is 1. The Kier molecular flexibility index (Phi) is 5.81. The molecule has 0 bridgehead atoms. The van der Waals surface area contributed by atoms with E-state index in [2.05, 4.69) is 11.8 Å². The Morgan fingerprint density at radius 3 is 2.42 bits per heavy atom. The van der Waals surface area contributed by atoms with E-state index in [1.165, 1.54) is 6.07 Å². The summed E-state index contributed by atoms with van der Waals surface area (Å²) in [6.07, 6.45) is 0. The van der Waals surface area contributed by atoms with Crippen LogP contribution in [-0.2, 0) is 9.84 Å². The van der Waals surface area contributed by atoms with Gasteiger partial charge in [0.2, 0.25) is 0 Å². The molecule has 0 aliphatic heterocycles. The van der Waals surface area contributed by atoms with Crippen LogP contribution in [-0.4, -0.2) is 25.6 Å². The van der Waals surface area contributed by atoms with E-state index in [0.29, 0.717) is 12.1 Å². The average Bonchev–Trinajstić information content (AvgIpc) is 2.51. The summed E-state index contributed by atoms with van der Waals surface area (Å²) in [5, 5.41) is 8.77. The van der Waals surface area contributed by atoms with Gasteiger partial charge in [0, 0.05) is 11.1 Å². The first-order valence-corrected chi connectivity index (χ1v) is 8.60. The molecular formula is C16H9ClF4O4S. The molecule has 10 heteroatoms. The molecule has 0 radical (unpaired) electrons. The van der Waals surface area contributed by atoms with Crippen LogP contribution in [0.1, 0.15) is 5.56 Å². The highest BCUT2D eigenvalue weighted by molar-refractivity contribution is 7.92. The summed E-state index contributed by atoms with van der Waals surface area (Å²) in [5.41, 5.74) is -5.74. The molecule has 1 N–H and O–H groups in total. The fraction of sp³-hybridized carbons (Fsp3) is 0.125. The number of alkyl halides is 3. The second-order valence-electron chi connectivity index (χ2n) is 4.77. The maximum Gasteiger partial charge on any atom is 0.501 e. The van der Waals surface area contributed by atoms with Gasteiger partial charge >= 0.3 is 5.51 Å². The SMILES string of the molecule is O=S(=O)(c1ccc(Oc2cc(F)cc(Cl)c2)c(C#CCO)c1)C(F)(F)F. The monoisotopic (exact) mass is 408 g/mol. The van der Waals surface area contributed by atoms with Crippen molar-refractivity contribution in [2.75, 3.05) is 6.61 Å². The Hall–Kier alpha value is -2.28. The fourth-order valence-electron chi connectivity index (χ4n) is 1.85. The summed E-state index contributed by atoms with van der Waals surface area (Å²) in [5.74, 6) is 3.54. The maximum absolute atomic E-state index is 13.4. The lowest BCUT2D eigenvalue weighted by Gasteiger charge is -2.12. The van der Waals surface area contributed by atoms with Crippen molar-refractivity contribution >= 4 is 21.4 Å². The third-order valence-electron chi connectivity index (χ3n) is 2.93. The average molecular weight is 409 g/mol. The predicted octanol–water partition coefficient (Wildman–Crippen LogP) is 3.91. The molecule has 26 heavy (non-hydrogen) atoms. The first-order valence-electron chi connectivity index (χ1n) is 6.73. The highest BCUT2D eigenvalue weighted by atomic mass is 35.5. The molecule has 0 saturated heterocycles.